The van der Waals surface area contributed by atoms with Gasteiger partial charge < -0.3 is 4.74 Å². The van der Waals surface area contributed by atoms with Gasteiger partial charge in [-0.1, -0.05) is 11.3 Å². The minimum absolute atomic E-state index is 0.220. The molecule has 0 aliphatic rings. The summed E-state index contributed by atoms with van der Waals surface area (Å²) in [5.74, 6) is 0.471. The fraction of sp³-hybridized carbons (Fsp3) is 0.143. The molecule has 0 fully saturated rings. The van der Waals surface area contributed by atoms with E-state index in [0.29, 0.717) is 23.1 Å². The predicted molar refractivity (Wildman–Crippen MR) is 85.5 cm³/mol. The van der Waals surface area contributed by atoms with Crippen LogP contribution in [0.1, 0.15) is 21.1 Å². The number of carbonyl (C=O) groups excluding carboxylic acids is 1. The van der Waals surface area contributed by atoms with Crippen LogP contribution in [0, 0.1) is 6.92 Å². The first-order chi connectivity index (χ1) is 10.7. The molecule has 3 rings (SSSR count). The van der Waals surface area contributed by atoms with E-state index < -0.39 is 0 Å². The Labute approximate surface area is 134 Å². The Bertz CT molecular complexity index is 754. The van der Waals surface area contributed by atoms with Crippen molar-refractivity contribution >= 4 is 33.7 Å². The van der Waals surface area contributed by atoms with E-state index in [1.54, 1.807) is 29.8 Å². The van der Waals surface area contributed by atoms with Gasteiger partial charge in [0.2, 0.25) is 5.13 Å². The van der Waals surface area contributed by atoms with Crippen molar-refractivity contribution in [3.8, 4) is 5.75 Å². The summed E-state index contributed by atoms with van der Waals surface area (Å²) in [7, 11) is 0. The Morgan fingerprint density at radius 3 is 2.73 bits per heavy atom. The number of carbonyl (C=O) groups is 1. The molecule has 6 nitrogen and oxygen atoms in total. The third-order valence-corrected chi connectivity index (χ3v) is 4.12. The van der Waals surface area contributed by atoms with Crippen molar-refractivity contribution in [1.29, 1.82) is 0 Å². The molecule has 112 valence electrons. The van der Waals surface area contributed by atoms with E-state index in [0.717, 1.165) is 10.7 Å². The lowest BCUT2D eigenvalue weighted by molar-refractivity contribution is 0.102. The van der Waals surface area contributed by atoms with Crippen molar-refractivity contribution in [2.24, 2.45) is 0 Å². The highest BCUT2D eigenvalue weighted by molar-refractivity contribution is 7.15. The van der Waals surface area contributed by atoms with Gasteiger partial charge in [0, 0.05) is 10.9 Å². The van der Waals surface area contributed by atoms with Crippen LogP contribution >= 0.6 is 22.7 Å². The van der Waals surface area contributed by atoms with Gasteiger partial charge in [-0.25, -0.2) is 4.98 Å². The second-order valence-corrected chi connectivity index (χ2v) is 6.27. The molecule has 0 unspecified atom stereocenters. The highest BCUT2D eigenvalue weighted by atomic mass is 32.1. The SMILES string of the molecule is Cc1nnc(NC(=O)c2ccc(OCc3cscn3)cc2)s1. The van der Waals surface area contributed by atoms with Crippen LogP contribution in [0.2, 0.25) is 0 Å². The molecule has 0 saturated carbocycles. The van der Waals surface area contributed by atoms with Crippen molar-refractivity contribution in [1.82, 2.24) is 15.2 Å². The number of thiazole rings is 1. The zero-order chi connectivity index (χ0) is 15.4. The molecule has 1 aromatic carbocycles. The Balaban J connectivity index is 1.59. The van der Waals surface area contributed by atoms with E-state index in [2.05, 4.69) is 20.5 Å². The maximum Gasteiger partial charge on any atom is 0.257 e. The molecule has 0 spiro atoms. The predicted octanol–water partition coefficient (Wildman–Crippen LogP) is 3.13. The second-order valence-electron chi connectivity index (χ2n) is 4.37. The van der Waals surface area contributed by atoms with E-state index in [-0.39, 0.29) is 5.91 Å². The van der Waals surface area contributed by atoms with Gasteiger partial charge in [-0.15, -0.1) is 21.5 Å². The van der Waals surface area contributed by atoms with Crippen LogP contribution in [0.5, 0.6) is 5.75 Å². The number of nitrogens with zero attached hydrogens (tertiary/aromatic N) is 3. The van der Waals surface area contributed by atoms with Gasteiger partial charge in [-0.05, 0) is 31.2 Å². The van der Waals surface area contributed by atoms with E-state index in [1.165, 1.54) is 22.7 Å². The highest BCUT2D eigenvalue weighted by Gasteiger charge is 2.09. The summed E-state index contributed by atoms with van der Waals surface area (Å²) >= 11 is 2.87. The molecule has 0 aliphatic heterocycles. The number of benzene rings is 1. The quantitative estimate of drug-likeness (QED) is 0.777. The number of hydrogen-bond donors (Lipinski definition) is 1. The summed E-state index contributed by atoms with van der Waals surface area (Å²) < 4.78 is 5.60. The van der Waals surface area contributed by atoms with Crippen molar-refractivity contribution in [2.45, 2.75) is 13.5 Å². The molecule has 22 heavy (non-hydrogen) atoms. The van der Waals surface area contributed by atoms with Gasteiger partial charge in [0.25, 0.3) is 5.91 Å². The summed E-state index contributed by atoms with van der Waals surface area (Å²) in [4.78, 5) is 16.2. The van der Waals surface area contributed by atoms with Gasteiger partial charge in [-0.2, -0.15) is 0 Å². The lowest BCUT2D eigenvalue weighted by Gasteiger charge is -2.05. The molecule has 2 aromatic heterocycles. The number of ether oxygens (including phenoxy) is 1. The Morgan fingerprint density at radius 2 is 2.09 bits per heavy atom. The van der Waals surface area contributed by atoms with Crippen LogP contribution in [0.3, 0.4) is 0 Å². The zero-order valence-corrected chi connectivity index (χ0v) is 13.3. The van der Waals surface area contributed by atoms with Gasteiger partial charge >= 0.3 is 0 Å². The first-order valence-electron chi connectivity index (χ1n) is 6.42. The van der Waals surface area contributed by atoms with Gasteiger partial charge in [0.15, 0.2) is 0 Å². The monoisotopic (exact) mass is 332 g/mol. The molecule has 0 radical (unpaired) electrons. The Kier molecular flexibility index (Phi) is 4.40. The normalized spacial score (nSPS) is 10.4. The molecule has 0 saturated heterocycles. The van der Waals surface area contributed by atoms with Crippen LogP contribution < -0.4 is 10.1 Å². The molecule has 1 amide bonds. The first kappa shape index (κ1) is 14.6. The van der Waals surface area contributed by atoms with Crippen LogP contribution in [0.15, 0.2) is 35.2 Å². The molecule has 0 bridgehead atoms. The molecular weight excluding hydrogens is 320 g/mol. The number of nitrogens with one attached hydrogen (secondary N) is 1. The number of aromatic nitrogens is 3. The minimum Gasteiger partial charge on any atom is -0.487 e. The summed E-state index contributed by atoms with van der Waals surface area (Å²) in [5, 5.41) is 13.7. The Morgan fingerprint density at radius 1 is 1.27 bits per heavy atom. The molecule has 3 aromatic rings. The van der Waals surface area contributed by atoms with Crippen LogP contribution in [0.4, 0.5) is 5.13 Å². The molecule has 0 atom stereocenters. The fourth-order valence-corrected chi connectivity index (χ4v) is 2.81. The molecule has 1 N–H and O–H groups in total. The number of rotatable bonds is 5. The molecular formula is C14H12N4O2S2. The Hall–Kier alpha value is -2.32. The van der Waals surface area contributed by atoms with Crippen molar-refractivity contribution in [3.63, 3.8) is 0 Å². The van der Waals surface area contributed by atoms with Crippen molar-refractivity contribution in [2.75, 3.05) is 5.32 Å². The van der Waals surface area contributed by atoms with Crippen molar-refractivity contribution < 1.29 is 9.53 Å². The van der Waals surface area contributed by atoms with E-state index in [1.807, 2.05) is 12.3 Å². The maximum atomic E-state index is 12.1. The number of aryl methyl sites for hydroxylation is 1. The first-order valence-corrected chi connectivity index (χ1v) is 8.18. The third kappa shape index (κ3) is 3.66. The summed E-state index contributed by atoms with van der Waals surface area (Å²) in [6.07, 6.45) is 0. The van der Waals surface area contributed by atoms with E-state index >= 15 is 0 Å². The summed E-state index contributed by atoms with van der Waals surface area (Å²) in [6, 6.07) is 6.93. The number of amides is 1. The maximum absolute atomic E-state index is 12.1. The third-order valence-electron chi connectivity index (χ3n) is 2.73. The summed E-state index contributed by atoms with van der Waals surface area (Å²) in [5.41, 5.74) is 3.19. The standard InChI is InChI=1S/C14H12N4O2S2/c1-9-17-18-14(22-9)16-13(19)10-2-4-12(5-3-10)20-6-11-7-21-8-15-11/h2-5,7-8H,6H2,1H3,(H,16,18,19). The second kappa shape index (κ2) is 6.63. The largest absolute Gasteiger partial charge is 0.487 e. The minimum atomic E-state index is -0.220. The lowest BCUT2D eigenvalue weighted by Crippen LogP contribution is -2.11. The van der Waals surface area contributed by atoms with E-state index in [4.69, 9.17) is 4.74 Å². The highest BCUT2D eigenvalue weighted by Crippen LogP contribution is 2.17. The fourth-order valence-electron chi connectivity index (χ4n) is 1.68. The zero-order valence-electron chi connectivity index (χ0n) is 11.6. The lowest BCUT2D eigenvalue weighted by atomic mass is 10.2. The van der Waals surface area contributed by atoms with Crippen LogP contribution in [0.25, 0.3) is 0 Å². The van der Waals surface area contributed by atoms with Gasteiger partial charge in [0.05, 0.1) is 11.2 Å². The van der Waals surface area contributed by atoms with E-state index in [9.17, 15) is 4.79 Å². The summed E-state index contributed by atoms with van der Waals surface area (Å²) in [6.45, 7) is 2.25. The van der Waals surface area contributed by atoms with Crippen molar-refractivity contribution in [3.05, 3.63) is 51.4 Å². The van der Waals surface area contributed by atoms with Gasteiger partial charge in [-0.3, -0.25) is 10.1 Å². The molecule has 8 heteroatoms. The average Bonchev–Trinajstić information content (AvgIpc) is 3.17. The average molecular weight is 332 g/mol. The van der Waals surface area contributed by atoms with Crippen LogP contribution in [-0.2, 0) is 6.61 Å². The smallest absolute Gasteiger partial charge is 0.257 e. The number of hydrogen-bond acceptors (Lipinski definition) is 7. The number of anilines is 1. The topological polar surface area (TPSA) is 77.0 Å². The molecule has 0 aliphatic carbocycles. The van der Waals surface area contributed by atoms with Crippen LogP contribution in [-0.4, -0.2) is 21.1 Å². The molecule has 2 heterocycles. The van der Waals surface area contributed by atoms with Gasteiger partial charge in [0.1, 0.15) is 17.4 Å².